The maximum atomic E-state index is 13.3. The first-order chi connectivity index (χ1) is 20.9. The highest BCUT2D eigenvalue weighted by molar-refractivity contribution is 14.1. The van der Waals surface area contributed by atoms with Crippen LogP contribution in [0.4, 0.5) is 9.93 Å². The number of aromatic nitrogens is 1. The highest BCUT2D eigenvalue weighted by Gasteiger charge is 2.57. The second-order valence-corrected chi connectivity index (χ2v) is 13.5. The smallest absolute Gasteiger partial charge is 0.413 e. The number of nitrogens with zero attached hydrogens (tertiary/aromatic N) is 3. The number of ether oxygens (including phenoxy) is 3. The number of carbonyl (C=O) groups excluding carboxylic acids is 4. The monoisotopic (exact) mass is 759 g/mol. The SMILES string of the molecule is CO/N=C(\C(=O)N[C@@H]1C(=O)N2C(C(=O)OCc3ccc(OC)cc3)=C(CI)C[S@](=O)C12)c1csc(NC(=O)OC(C)(C)C)n1. The van der Waals surface area contributed by atoms with Crippen molar-refractivity contribution in [1.82, 2.24) is 15.2 Å². The molecule has 2 aliphatic rings. The van der Waals surface area contributed by atoms with Crippen molar-refractivity contribution < 1.29 is 42.4 Å². The van der Waals surface area contributed by atoms with Crippen LogP contribution >= 0.6 is 33.9 Å². The third-order valence-corrected chi connectivity index (χ3v) is 9.46. The lowest BCUT2D eigenvalue weighted by Crippen LogP contribution is -2.74. The van der Waals surface area contributed by atoms with Crippen LogP contribution in [0.3, 0.4) is 0 Å². The molecule has 0 spiro atoms. The number of rotatable bonds is 10. The van der Waals surface area contributed by atoms with Gasteiger partial charge in [-0.3, -0.25) is 24.0 Å². The average molecular weight is 760 g/mol. The number of oxime groups is 1. The van der Waals surface area contributed by atoms with E-state index in [0.29, 0.717) is 21.3 Å². The van der Waals surface area contributed by atoms with Crippen molar-refractivity contribution in [3.63, 3.8) is 0 Å². The van der Waals surface area contributed by atoms with E-state index in [-0.39, 0.29) is 34.6 Å². The van der Waals surface area contributed by atoms with E-state index in [0.717, 1.165) is 16.2 Å². The summed E-state index contributed by atoms with van der Waals surface area (Å²) in [6.07, 6.45) is -0.731. The number of nitrogens with one attached hydrogen (secondary N) is 2. The van der Waals surface area contributed by atoms with Gasteiger partial charge in [0, 0.05) is 9.81 Å². The van der Waals surface area contributed by atoms with Crippen LogP contribution in [0.15, 0.2) is 46.1 Å². The molecule has 3 heterocycles. The zero-order chi connectivity index (χ0) is 32.2. The summed E-state index contributed by atoms with van der Waals surface area (Å²) in [6.45, 7) is 5.08. The van der Waals surface area contributed by atoms with Crippen molar-refractivity contribution in [2.24, 2.45) is 5.16 Å². The molecule has 3 amide bonds. The quantitative estimate of drug-likeness (QED) is 0.0916. The Hall–Kier alpha value is -3.58. The first-order valence-electron chi connectivity index (χ1n) is 13.0. The first kappa shape index (κ1) is 33.3. The van der Waals surface area contributed by atoms with Crippen LogP contribution in [0.1, 0.15) is 32.0 Å². The maximum absolute atomic E-state index is 13.3. The van der Waals surface area contributed by atoms with E-state index >= 15 is 0 Å². The lowest BCUT2D eigenvalue weighted by Gasteiger charge is -2.49. The van der Waals surface area contributed by atoms with E-state index in [4.69, 9.17) is 19.0 Å². The fraction of sp³-hybridized carbons (Fsp3) is 0.407. The van der Waals surface area contributed by atoms with Crippen LogP contribution in [0.2, 0.25) is 0 Å². The summed E-state index contributed by atoms with van der Waals surface area (Å²) in [5.41, 5.74) is 0.293. The largest absolute Gasteiger partial charge is 0.497 e. The molecule has 44 heavy (non-hydrogen) atoms. The van der Waals surface area contributed by atoms with E-state index in [2.05, 4.69) is 20.8 Å². The zero-order valence-electron chi connectivity index (χ0n) is 24.4. The van der Waals surface area contributed by atoms with Gasteiger partial charge in [0.25, 0.3) is 11.8 Å². The van der Waals surface area contributed by atoms with Gasteiger partial charge in [0.05, 0.1) is 23.7 Å². The number of alkyl halides is 1. The van der Waals surface area contributed by atoms with E-state index in [9.17, 15) is 23.4 Å². The Morgan fingerprint density at radius 1 is 1.20 bits per heavy atom. The maximum Gasteiger partial charge on any atom is 0.413 e. The number of benzene rings is 1. The first-order valence-corrected chi connectivity index (χ1v) is 16.8. The number of hydrogen-bond donors (Lipinski definition) is 2. The lowest BCUT2D eigenvalue weighted by molar-refractivity contribution is -0.153. The van der Waals surface area contributed by atoms with Crippen LogP contribution in [0.25, 0.3) is 0 Å². The molecule has 14 nitrogen and oxygen atoms in total. The highest BCUT2D eigenvalue weighted by Crippen LogP contribution is 2.36. The Morgan fingerprint density at radius 2 is 1.91 bits per heavy atom. The van der Waals surface area contributed by atoms with Gasteiger partial charge in [-0.25, -0.2) is 14.6 Å². The Morgan fingerprint density at radius 3 is 2.52 bits per heavy atom. The van der Waals surface area contributed by atoms with Gasteiger partial charge in [0.1, 0.15) is 47.9 Å². The van der Waals surface area contributed by atoms with Crippen molar-refractivity contribution in [3.8, 4) is 5.75 Å². The number of anilines is 1. The Kier molecular flexibility index (Phi) is 10.6. The molecule has 2 aliphatic heterocycles. The minimum atomic E-state index is -1.62. The van der Waals surface area contributed by atoms with Crippen LogP contribution in [0.5, 0.6) is 5.75 Å². The zero-order valence-corrected chi connectivity index (χ0v) is 28.2. The van der Waals surface area contributed by atoms with Crippen LogP contribution in [-0.4, -0.2) is 85.1 Å². The summed E-state index contributed by atoms with van der Waals surface area (Å²) in [5, 5.41) is 9.39. The fourth-order valence-corrected chi connectivity index (χ4v) is 7.58. The second kappa shape index (κ2) is 14.0. The molecule has 0 radical (unpaired) electrons. The van der Waals surface area contributed by atoms with Crippen LogP contribution in [0, 0.1) is 0 Å². The van der Waals surface area contributed by atoms with Crippen molar-refractivity contribution in [2.75, 3.05) is 29.7 Å². The van der Waals surface area contributed by atoms with Gasteiger partial charge in [-0.1, -0.05) is 39.9 Å². The normalized spacial score (nSPS) is 19.9. The van der Waals surface area contributed by atoms with Crippen molar-refractivity contribution >= 4 is 79.4 Å². The van der Waals surface area contributed by atoms with E-state index < -0.39 is 51.7 Å². The van der Waals surface area contributed by atoms with Crippen molar-refractivity contribution in [1.29, 1.82) is 0 Å². The summed E-state index contributed by atoms with van der Waals surface area (Å²) < 4.78 is 29.4. The number of hydrogen-bond acceptors (Lipinski definition) is 12. The Labute approximate surface area is 273 Å². The molecular weight excluding hydrogens is 729 g/mol. The van der Waals surface area contributed by atoms with Gasteiger partial charge in [-0.2, -0.15) is 0 Å². The molecule has 236 valence electrons. The van der Waals surface area contributed by atoms with Crippen LogP contribution < -0.4 is 15.4 Å². The molecule has 0 bridgehead atoms. The standard InChI is InChI=1S/C27H30IN5O9S2/c1-27(2,3)42-26(37)31-25-29-17(12-43-25)18(32-40-5)21(34)30-19-22(35)33-20(15(10-28)13-44(38)23(19)33)24(36)41-11-14-6-8-16(39-4)9-7-14/h6-9,12,19,23H,10-11,13H2,1-5H3,(H,30,34)(H,29,31,37)/b32-18-/t19-,23?,44+/m1/s1. The molecule has 17 heteroatoms. The van der Waals surface area contributed by atoms with Gasteiger partial charge in [0.2, 0.25) is 0 Å². The Balaban J connectivity index is 1.46. The fourth-order valence-electron chi connectivity index (χ4n) is 4.22. The highest BCUT2D eigenvalue weighted by atomic mass is 127. The van der Waals surface area contributed by atoms with Crippen molar-refractivity contribution in [2.45, 2.75) is 44.4 Å². The van der Waals surface area contributed by atoms with Crippen LogP contribution in [-0.2, 0) is 46.1 Å². The molecular formula is C27H30IN5O9S2. The topological polar surface area (TPSA) is 175 Å². The van der Waals surface area contributed by atoms with E-state index in [1.807, 2.05) is 22.6 Å². The number of fused-ring (bicyclic) bond motifs is 1. The molecule has 2 N–H and O–H groups in total. The van der Waals surface area contributed by atoms with Gasteiger partial charge in [-0.05, 0) is 44.0 Å². The van der Waals surface area contributed by atoms with Gasteiger partial charge < -0.3 is 24.4 Å². The predicted molar refractivity (Wildman–Crippen MR) is 170 cm³/mol. The number of halogens is 1. The molecule has 3 atom stereocenters. The number of thiazole rings is 1. The number of carbonyl (C=O) groups is 4. The third-order valence-electron chi connectivity index (χ3n) is 6.13. The van der Waals surface area contributed by atoms with E-state index in [1.54, 1.807) is 52.1 Å². The number of esters is 1. The molecule has 0 saturated carbocycles. The molecule has 0 aliphatic carbocycles. The van der Waals surface area contributed by atoms with Gasteiger partial charge >= 0.3 is 12.1 Å². The predicted octanol–water partition coefficient (Wildman–Crippen LogP) is 2.70. The summed E-state index contributed by atoms with van der Waals surface area (Å²) in [5.74, 6) is -1.51. The lowest BCUT2D eigenvalue weighted by atomic mass is 10.0. The number of β-lactam (4-membered cyclic amide) rings is 1. The second-order valence-electron chi connectivity index (χ2n) is 10.4. The van der Waals surface area contributed by atoms with Crippen molar-refractivity contribution in [3.05, 3.63) is 52.2 Å². The van der Waals surface area contributed by atoms with Gasteiger partial charge in [0.15, 0.2) is 10.8 Å². The summed E-state index contributed by atoms with van der Waals surface area (Å²) in [4.78, 5) is 62.1. The van der Waals surface area contributed by atoms with E-state index in [1.165, 1.54) is 12.5 Å². The minimum Gasteiger partial charge on any atom is -0.497 e. The molecule has 2 aromatic rings. The number of methoxy groups -OCH3 is 1. The Bertz CT molecular complexity index is 1530. The molecule has 1 aromatic heterocycles. The molecule has 1 fully saturated rings. The summed E-state index contributed by atoms with van der Waals surface area (Å²) in [7, 11) is 1.15. The number of amides is 3. The average Bonchev–Trinajstić information content (AvgIpc) is 3.43. The summed E-state index contributed by atoms with van der Waals surface area (Å²) >= 11 is 3.05. The minimum absolute atomic E-state index is 0.0242. The molecule has 4 rings (SSSR count). The molecule has 1 unspecified atom stereocenters. The molecule has 1 aromatic carbocycles. The summed E-state index contributed by atoms with van der Waals surface area (Å²) in [6, 6.07) is 5.75. The molecule has 1 saturated heterocycles. The van der Waals surface area contributed by atoms with Gasteiger partial charge in [-0.15, -0.1) is 11.3 Å². The third kappa shape index (κ3) is 7.55.